The van der Waals surface area contributed by atoms with Crippen LogP contribution < -0.4 is 4.74 Å². The number of benzene rings is 3. The van der Waals surface area contributed by atoms with Crippen molar-refractivity contribution in [1.29, 1.82) is 0 Å². The molecule has 3 rings (SSSR count). The average Bonchev–Trinajstić information content (AvgIpc) is 2.54. The number of carbonyl (C=O) groups is 1. The van der Waals surface area contributed by atoms with Crippen LogP contribution in [0, 0.1) is 0 Å². The number of rotatable bonds is 3. The summed E-state index contributed by atoms with van der Waals surface area (Å²) in [7, 11) is 0. The molecular weight excluding hydrogens is 376 g/mol. The number of fused-ring (bicyclic) bond motifs is 1. The minimum Gasteiger partial charge on any atom is -0.423 e. The Balaban J connectivity index is 1.75. The molecule has 0 fully saturated rings. The van der Waals surface area contributed by atoms with Crippen LogP contribution in [0.1, 0.15) is 5.56 Å². The van der Waals surface area contributed by atoms with Gasteiger partial charge in [-0.05, 0) is 52.7 Å². The molecule has 0 heterocycles. The molecular formula is C19H12BrClO2. The van der Waals surface area contributed by atoms with E-state index in [0.717, 1.165) is 20.8 Å². The maximum atomic E-state index is 11.9. The summed E-state index contributed by atoms with van der Waals surface area (Å²) in [6.07, 6.45) is 3.01. The van der Waals surface area contributed by atoms with E-state index in [-0.39, 0.29) is 0 Å². The van der Waals surface area contributed by atoms with Gasteiger partial charge < -0.3 is 4.74 Å². The molecule has 0 aromatic heterocycles. The van der Waals surface area contributed by atoms with Crippen LogP contribution in [0.3, 0.4) is 0 Å². The molecule has 3 aromatic carbocycles. The molecule has 3 aromatic rings. The van der Waals surface area contributed by atoms with E-state index in [0.29, 0.717) is 10.8 Å². The Morgan fingerprint density at radius 2 is 1.74 bits per heavy atom. The van der Waals surface area contributed by atoms with Gasteiger partial charge in [0.15, 0.2) is 0 Å². The van der Waals surface area contributed by atoms with E-state index >= 15 is 0 Å². The third kappa shape index (κ3) is 4.01. The van der Waals surface area contributed by atoms with Crippen molar-refractivity contribution in [2.75, 3.05) is 0 Å². The molecule has 0 aliphatic rings. The third-order valence-electron chi connectivity index (χ3n) is 3.30. The Morgan fingerprint density at radius 3 is 2.57 bits per heavy atom. The van der Waals surface area contributed by atoms with Crippen LogP contribution in [0.2, 0.25) is 5.02 Å². The Morgan fingerprint density at radius 1 is 1.00 bits per heavy atom. The van der Waals surface area contributed by atoms with E-state index in [2.05, 4.69) is 15.9 Å². The lowest BCUT2D eigenvalue weighted by Crippen LogP contribution is -2.03. The molecule has 0 N–H and O–H groups in total. The van der Waals surface area contributed by atoms with Crippen molar-refractivity contribution in [3.63, 3.8) is 0 Å². The zero-order chi connectivity index (χ0) is 16.2. The van der Waals surface area contributed by atoms with Gasteiger partial charge in [0.25, 0.3) is 0 Å². The molecule has 0 atom stereocenters. The summed E-state index contributed by atoms with van der Waals surface area (Å²) in [4.78, 5) is 11.9. The molecule has 114 valence electrons. The lowest BCUT2D eigenvalue weighted by Gasteiger charge is -2.04. The molecule has 0 saturated carbocycles. The van der Waals surface area contributed by atoms with Gasteiger partial charge in [-0.1, -0.05) is 57.9 Å². The monoisotopic (exact) mass is 386 g/mol. The Labute approximate surface area is 147 Å². The molecule has 0 unspecified atom stereocenters. The van der Waals surface area contributed by atoms with Crippen molar-refractivity contribution >= 4 is 50.3 Å². The van der Waals surface area contributed by atoms with Crippen molar-refractivity contribution in [3.8, 4) is 5.75 Å². The van der Waals surface area contributed by atoms with Gasteiger partial charge in [0, 0.05) is 15.6 Å². The first kappa shape index (κ1) is 15.8. The minimum atomic E-state index is -0.443. The molecule has 23 heavy (non-hydrogen) atoms. The van der Waals surface area contributed by atoms with Gasteiger partial charge >= 0.3 is 5.97 Å². The first-order valence-electron chi connectivity index (χ1n) is 6.95. The summed E-state index contributed by atoms with van der Waals surface area (Å²) in [5.74, 6) is 0.0648. The summed E-state index contributed by atoms with van der Waals surface area (Å²) in [5.41, 5.74) is 0.773. The summed E-state index contributed by atoms with van der Waals surface area (Å²) >= 11 is 9.47. The number of carbonyl (C=O) groups excluding carboxylic acids is 1. The molecule has 0 saturated heterocycles. The Bertz CT molecular complexity index is 903. The smallest absolute Gasteiger partial charge is 0.336 e. The van der Waals surface area contributed by atoms with Crippen LogP contribution in [0.15, 0.2) is 71.2 Å². The lowest BCUT2D eigenvalue weighted by atomic mass is 10.1. The Kier molecular flexibility index (Phi) is 4.79. The predicted molar refractivity (Wildman–Crippen MR) is 97.8 cm³/mol. The molecule has 0 spiro atoms. The summed E-state index contributed by atoms with van der Waals surface area (Å²) < 4.78 is 6.35. The van der Waals surface area contributed by atoms with Crippen LogP contribution in [0.25, 0.3) is 16.8 Å². The van der Waals surface area contributed by atoms with E-state index in [4.69, 9.17) is 16.3 Å². The van der Waals surface area contributed by atoms with Gasteiger partial charge in [-0.2, -0.15) is 0 Å². The molecule has 4 heteroatoms. The van der Waals surface area contributed by atoms with E-state index in [1.54, 1.807) is 18.2 Å². The fraction of sp³-hybridized carbons (Fsp3) is 0. The number of hydrogen-bond acceptors (Lipinski definition) is 2. The average molecular weight is 388 g/mol. The van der Waals surface area contributed by atoms with Crippen LogP contribution in [0.5, 0.6) is 5.75 Å². The van der Waals surface area contributed by atoms with Crippen molar-refractivity contribution in [3.05, 3.63) is 81.8 Å². The van der Waals surface area contributed by atoms with Gasteiger partial charge in [-0.25, -0.2) is 4.79 Å². The molecule has 0 bridgehead atoms. The van der Waals surface area contributed by atoms with E-state index in [1.165, 1.54) is 6.08 Å². The maximum absolute atomic E-state index is 11.9. The quantitative estimate of drug-likeness (QED) is 0.319. The van der Waals surface area contributed by atoms with Crippen LogP contribution in [-0.2, 0) is 4.79 Å². The van der Waals surface area contributed by atoms with Crippen molar-refractivity contribution < 1.29 is 9.53 Å². The van der Waals surface area contributed by atoms with Crippen molar-refractivity contribution in [2.45, 2.75) is 0 Å². The van der Waals surface area contributed by atoms with Crippen LogP contribution in [0.4, 0.5) is 0 Å². The van der Waals surface area contributed by atoms with Gasteiger partial charge in [0.2, 0.25) is 0 Å². The zero-order valence-corrected chi connectivity index (χ0v) is 14.3. The lowest BCUT2D eigenvalue weighted by molar-refractivity contribution is -0.128. The number of hydrogen-bond donors (Lipinski definition) is 0. The second-order valence-corrected chi connectivity index (χ2v) is 6.25. The van der Waals surface area contributed by atoms with Gasteiger partial charge in [-0.3, -0.25) is 0 Å². The number of halogens is 2. The van der Waals surface area contributed by atoms with Crippen molar-refractivity contribution in [2.24, 2.45) is 0 Å². The number of esters is 1. The summed E-state index contributed by atoms with van der Waals surface area (Å²) in [5, 5.41) is 2.67. The normalized spacial score (nSPS) is 11.0. The topological polar surface area (TPSA) is 26.3 Å². The molecule has 2 nitrogen and oxygen atoms in total. The highest BCUT2D eigenvalue weighted by molar-refractivity contribution is 9.10. The Hall–Kier alpha value is -2.10. The van der Waals surface area contributed by atoms with Gasteiger partial charge in [0.05, 0.1) is 0 Å². The summed E-state index contributed by atoms with van der Waals surface area (Å²) in [6.45, 7) is 0. The van der Waals surface area contributed by atoms with E-state index in [1.807, 2.05) is 48.5 Å². The highest BCUT2D eigenvalue weighted by atomic mass is 79.9. The molecule has 0 aliphatic carbocycles. The third-order valence-corrected chi connectivity index (χ3v) is 4.13. The first-order chi connectivity index (χ1) is 11.1. The largest absolute Gasteiger partial charge is 0.423 e. The fourth-order valence-corrected chi connectivity index (χ4v) is 2.75. The SMILES string of the molecule is O=C(/C=C/c1ccccc1Cl)Oc1ccc2cc(Br)ccc2c1. The first-order valence-corrected chi connectivity index (χ1v) is 8.13. The highest BCUT2D eigenvalue weighted by Crippen LogP contribution is 2.24. The summed E-state index contributed by atoms with van der Waals surface area (Å²) in [6, 6.07) is 18.8. The van der Waals surface area contributed by atoms with E-state index in [9.17, 15) is 4.79 Å². The van der Waals surface area contributed by atoms with Crippen LogP contribution >= 0.6 is 27.5 Å². The van der Waals surface area contributed by atoms with Gasteiger partial charge in [-0.15, -0.1) is 0 Å². The molecule has 0 amide bonds. The second kappa shape index (κ2) is 6.99. The standard InChI is InChI=1S/C19H12BrClO2/c20-16-8-5-15-12-17(9-6-14(15)11-16)23-19(22)10-7-13-3-1-2-4-18(13)21/h1-12H/b10-7+. The fourth-order valence-electron chi connectivity index (χ4n) is 2.18. The zero-order valence-electron chi connectivity index (χ0n) is 12.0. The molecule has 0 radical (unpaired) electrons. The van der Waals surface area contributed by atoms with E-state index < -0.39 is 5.97 Å². The van der Waals surface area contributed by atoms with Crippen molar-refractivity contribution in [1.82, 2.24) is 0 Å². The van der Waals surface area contributed by atoms with Crippen LogP contribution in [-0.4, -0.2) is 5.97 Å². The highest BCUT2D eigenvalue weighted by Gasteiger charge is 2.03. The van der Waals surface area contributed by atoms with Gasteiger partial charge in [0.1, 0.15) is 5.75 Å². The minimum absolute atomic E-state index is 0.443. The number of ether oxygens (including phenoxy) is 1. The second-order valence-electron chi connectivity index (χ2n) is 4.93. The predicted octanol–water partition coefficient (Wildman–Crippen LogP) is 5.87. The maximum Gasteiger partial charge on any atom is 0.336 e. The molecule has 0 aliphatic heterocycles.